The van der Waals surface area contributed by atoms with Crippen LogP contribution in [0.5, 0.6) is 0 Å². The van der Waals surface area contributed by atoms with Crippen molar-refractivity contribution in [3.05, 3.63) is 47.6 Å². The third kappa shape index (κ3) is 3.91. The van der Waals surface area contributed by atoms with Gasteiger partial charge in [-0.1, -0.05) is 56.2 Å². The van der Waals surface area contributed by atoms with Gasteiger partial charge in [-0.3, -0.25) is 4.99 Å². The molecule has 2 heteroatoms. The Morgan fingerprint density at radius 3 is 2.53 bits per heavy atom. The molecule has 10 atom stereocenters. The van der Waals surface area contributed by atoms with Crippen LogP contribution < -0.4 is 5.73 Å². The van der Waals surface area contributed by atoms with Gasteiger partial charge in [-0.2, -0.15) is 0 Å². The van der Waals surface area contributed by atoms with Crippen molar-refractivity contribution in [2.24, 2.45) is 64.0 Å². The number of rotatable bonds is 8. The van der Waals surface area contributed by atoms with Crippen molar-refractivity contribution in [3.63, 3.8) is 0 Å². The highest BCUT2D eigenvalue weighted by Gasteiger charge is 2.75. The molecule has 3 fully saturated rings. The first kappa shape index (κ1) is 21.1. The van der Waals surface area contributed by atoms with Gasteiger partial charge in [0.1, 0.15) is 0 Å². The first-order valence-corrected chi connectivity index (χ1v) is 13.8. The predicted octanol–water partition coefficient (Wildman–Crippen LogP) is 6.51. The Morgan fingerprint density at radius 1 is 0.938 bits per heavy atom. The van der Waals surface area contributed by atoms with Gasteiger partial charge in [0.25, 0.3) is 0 Å². The second-order valence-electron chi connectivity index (χ2n) is 11.8. The van der Waals surface area contributed by atoms with E-state index < -0.39 is 0 Å². The molecule has 1 heterocycles. The lowest BCUT2D eigenvalue weighted by Gasteiger charge is -2.29. The van der Waals surface area contributed by atoms with Crippen molar-refractivity contribution < 1.29 is 0 Å². The molecule has 7 unspecified atom stereocenters. The van der Waals surface area contributed by atoms with Gasteiger partial charge in [-0.25, -0.2) is 0 Å². The number of aliphatic imine (C=N–C) groups is 1. The molecule has 0 aromatic carbocycles. The van der Waals surface area contributed by atoms with Crippen LogP contribution in [0, 0.1) is 53.3 Å². The van der Waals surface area contributed by atoms with Gasteiger partial charge in [-0.15, -0.1) is 0 Å². The molecule has 0 saturated heterocycles. The highest BCUT2D eigenvalue weighted by atomic mass is 14.8. The van der Waals surface area contributed by atoms with Gasteiger partial charge in [0.05, 0.1) is 6.54 Å². The Balaban J connectivity index is 0.959. The van der Waals surface area contributed by atoms with Crippen molar-refractivity contribution in [1.29, 1.82) is 0 Å². The fourth-order valence-electron chi connectivity index (χ4n) is 8.02. The molecule has 5 aliphatic carbocycles. The summed E-state index contributed by atoms with van der Waals surface area (Å²) in [5.74, 6) is 8.24. The van der Waals surface area contributed by atoms with Gasteiger partial charge in [0.15, 0.2) is 0 Å². The summed E-state index contributed by atoms with van der Waals surface area (Å²) in [5, 5.41) is 0. The van der Waals surface area contributed by atoms with Gasteiger partial charge < -0.3 is 5.73 Å². The van der Waals surface area contributed by atoms with E-state index in [0.717, 1.165) is 54.4 Å². The lowest BCUT2D eigenvalue weighted by Crippen LogP contribution is -2.28. The molecular weight excluding hydrogens is 388 g/mol. The minimum absolute atomic E-state index is 0.477. The number of hydrogen-bond donors (Lipinski definition) is 1. The summed E-state index contributed by atoms with van der Waals surface area (Å²) < 4.78 is 0. The van der Waals surface area contributed by atoms with Gasteiger partial charge in [-0.05, 0) is 97.5 Å². The van der Waals surface area contributed by atoms with E-state index in [1.165, 1.54) is 56.9 Å². The van der Waals surface area contributed by atoms with Crippen LogP contribution in [-0.2, 0) is 0 Å². The summed E-state index contributed by atoms with van der Waals surface area (Å²) in [5.41, 5.74) is 9.49. The lowest BCUT2D eigenvalue weighted by molar-refractivity contribution is 0.270. The number of fused-ring (bicyclic) bond motifs is 1. The van der Waals surface area contributed by atoms with E-state index in [-0.39, 0.29) is 0 Å². The first-order valence-electron chi connectivity index (χ1n) is 13.8. The molecule has 0 amide bonds. The van der Waals surface area contributed by atoms with E-state index in [1.54, 1.807) is 5.57 Å². The average Bonchev–Trinajstić information content (AvgIpc) is 3.54. The normalized spacial score (nSPS) is 44.9. The molecule has 0 radical (unpaired) electrons. The number of nitrogens with zero attached hydrogens (tertiary/aromatic N) is 1. The maximum absolute atomic E-state index is 6.52. The summed E-state index contributed by atoms with van der Waals surface area (Å²) in [6.45, 7) is 3.16. The van der Waals surface area contributed by atoms with Crippen LogP contribution in [0.25, 0.3) is 0 Å². The van der Waals surface area contributed by atoms with E-state index in [2.05, 4.69) is 54.6 Å². The van der Waals surface area contributed by atoms with E-state index in [0.29, 0.717) is 17.9 Å². The topological polar surface area (TPSA) is 38.4 Å². The minimum Gasteiger partial charge on any atom is -0.327 e. The van der Waals surface area contributed by atoms with Crippen molar-refractivity contribution in [2.45, 2.75) is 70.8 Å². The van der Waals surface area contributed by atoms with E-state index in [9.17, 15) is 0 Å². The van der Waals surface area contributed by atoms with Crippen LogP contribution in [-0.4, -0.2) is 18.8 Å². The van der Waals surface area contributed by atoms with E-state index >= 15 is 0 Å². The maximum Gasteiger partial charge on any atom is 0.0576 e. The number of unbranched alkanes of at least 4 members (excludes halogenated alkanes) is 1. The monoisotopic (exact) mass is 430 g/mol. The van der Waals surface area contributed by atoms with Crippen LogP contribution in [0.2, 0.25) is 0 Å². The number of allylic oxidation sites excluding steroid dienone is 7. The largest absolute Gasteiger partial charge is 0.327 e. The van der Waals surface area contributed by atoms with Crippen LogP contribution in [0.15, 0.2) is 52.6 Å². The smallest absolute Gasteiger partial charge is 0.0576 e. The summed E-state index contributed by atoms with van der Waals surface area (Å²) >= 11 is 0. The molecular formula is C30H42N2. The Kier molecular flexibility index (Phi) is 5.78. The molecule has 172 valence electrons. The fourth-order valence-corrected chi connectivity index (χ4v) is 8.02. The molecule has 2 N–H and O–H groups in total. The van der Waals surface area contributed by atoms with Gasteiger partial charge in [0.2, 0.25) is 0 Å². The number of hydrogen-bond acceptors (Lipinski definition) is 2. The van der Waals surface area contributed by atoms with E-state index in [4.69, 9.17) is 5.73 Å². The Hall–Kier alpha value is -1.41. The molecule has 32 heavy (non-hydrogen) atoms. The summed E-state index contributed by atoms with van der Waals surface area (Å²) in [4.78, 5) is 4.35. The zero-order valence-corrected chi connectivity index (χ0v) is 19.9. The predicted molar refractivity (Wildman–Crippen MR) is 134 cm³/mol. The standard InChI is InChI=1S/C30H42N2/c1-2-3-4-26(31)23-13-14-24(17-23)28-29-27(30(28)29)22-11-9-20(10-12-22)19-5-7-21(8-6-19)25-15-16-32-18-25/h5-7,9,11,15,18,20-24,26-30H,2-4,8,10,12-14,16-17,31H2,1H3/t20-,21?,22?,23+,24?,26?,27?,28?,29-,30?/m1/s1. The lowest BCUT2D eigenvalue weighted by atomic mass is 9.76. The van der Waals surface area contributed by atoms with Crippen molar-refractivity contribution in [2.75, 3.05) is 6.54 Å². The van der Waals surface area contributed by atoms with Crippen molar-refractivity contribution in [1.82, 2.24) is 0 Å². The Morgan fingerprint density at radius 2 is 1.84 bits per heavy atom. The molecule has 0 bridgehead atoms. The summed E-state index contributed by atoms with van der Waals surface area (Å²) in [7, 11) is 0. The first-order chi connectivity index (χ1) is 15.7. The number of nitrogens with two attached hydrogens (primary N) is 1. The molecule has 6 aliphatic rings. The second-order valence-corrected chi connectivity index (χ2v) is 11.8. The Bertz CT molecular complexity index is 850. The highest BCUT2D eigenvalue weighted by molar-refractivity contribution is 5.82. The Labute approximate surface area is 195 Å². The van der Waals surface area contributed by atoms with Gasteiger partial charge in [0, 0.05) is 24.1 Å². The maximum atomic E-state index is 6.52. The molecule has 0 aromatic heterocycles. The second kappa shape index (κ2) is 8.75. The fraction of sp³-hybridized carbons (Fsp3) is 0.700. The van der Waals surface area contributed by atoms with Crippen LogP contribution in [0.1, 0.15) is 64.7 Å². The molecule has 6 rings (SSSR count). The highest BCUT2D eigenvalue weighted by Crippen LogP contribution is 2.79. The zero-order valence-electron chi connectivity index (χ0n) is 19.9. The minimum atomic E-state index is 0.477. The third-order valence-electron chi connectivity index (χ3n) is 10.0. The molecule has 0 spiro atoms. The quantitative estimate of drug-likeness (QED) is 0.438. The average molecular weight is 431 g/mol. The summed E-state index contributed by atoms with van der Waals surface area (Å²) in [6.07, 6.45) is 28.9. The third-order valence-corrected chi connectivity index (χ3v) is 10.0. The molecule has 1 aliphatic heterocycles. The van der Waals surface area contributed by atoms with Crippen molar-refractivity contribution in [3.8, 4) is 0 Å². The summed E-state index contributed by atoms with van der Waals surface area (Å²) in [6, 6.07) is 0.477. The van der Waals surface area contributed by atoms with Gasteiger partial charge >= 0.3 is 0 Å². The van der Waals surface area contributed by atoms with E-state index in [1.807, 2.05) is 0 Å². The van der Waals surface area contributed by atoms with Crippen molar-refractivity contribution >= 4 is 6.21 Å². The molecule has 0 aromatic rings. The molecule has 2 nitrogen and oxygen atoms in total. The van der Waals surface area contributed by atoms with Crippen LogP contribution in [0.4, 0.5) is 0 Å². The van der Waals surface area contributed by atoms with Crippen LogP contribution in [0.3, 0.4) is 0 Å². The molecule has 3 saturated carbocycles. The van der Waals surface area contributed by atoms with Crippen LogP contribution >= 0.6 is 0 Å². The SMILES string of the molecule is CCCCC(N)[C@H]1CCC(C2C3C(C4C=C[C@@H](C5=CCC(C6=CCN=C6)C=C5)CC4)[C@H]23)C1. The zero-order chi connectivity index (χ0) is 21.7.